The average molecular weight is 339 g/mol. The normalized spacial score (nSPS) is 21.3. The van der Waals surface area contributed by atoms with Crippen molar-refractivity contribution in [3.8, 4) is 0 Å². The SMILES string of the molecule is CCCC(C)(N)C(=O)NC1CCCN(Cc2c(F)cccc2F)C1. The van der Waals surface area contributed by atoms with Gasteiger partial charge in [0.2, 0.25) is 5.91 Å². The third kappa shape index (κ3) is 4.74. The molecule has 1 aliphatic heterocycles. The maximum Gasteiger partial charge on any atom is 0.240 e. The fourth-order valence-electron chi connectivity index (χ4n) is 3.21. The van der Waals surface area contributed by atoms with Crippen LogP contribution in [0.3, 0.4) is 0 Å². The highest BCUT2D eigenvalue weighted by Gasteiger charge is 2.30. The van der Waals surface area contributed by atoms with Gasteiger partial charge in [-0.25, -0.2) is 8.78 Å². The maximum atomic E-state index is 13.8. The van der Waals surface area contributed by atoms with Crippen LogP contribution in [0.1, 0.15) is 45.1 Å². The van der Waals surface area contributed by atoms with Gasteiger partial charge in [-0.1, -0.05) is 19.4 Å². The first-order valence-electron chi connectivity index (χ1n) is 8.58. The molecule has 0 bridgehead atoms. The fraction of sp³-hybridized carbons (Fsp3) is 0.611. The third-order valence-electron chi connectivity index (χ3n) is 4.57. The number of hydrogen-bond donors (Lipinski definition) is 2. The molecule has 0 aliphatic carbocycles. The number of amides is 1. The topological polar surface area (TPSA) is 58.4 Å². The molecule has 1 aliphatic rings. The lowest BCUT2D eigenvalue weighted by Gasteiger charge is -2.35. The number of nitrogens with one attached hydrogen (secondary N) is 1. The Bertz CT molecular complexity index is 557. The second-order valence-corrected chi connectivity index (χ2v) is 6.92. The molecule has 1 fully saturated rings. The van der Waals surface area contributed by atoms with Crippen LogP contribution in [-0.2, 0) is 11.3 Å². The van der Waals surface area contributed by atoms with E-state index in [9.17, 15) is 13.6 Å². The first kappa shape index (κ1) is 18.8. The molecule has 1 amide bonds. The molecule has 24 heavy (non-hydrogen) atoms. The molecule has 0 aromatic heterocycles. The summed E-state index contributed by atoms with van der Waals surface area (Å²) in [6, 6.07) is 3.86. The number of rotatable bonds is 6. The second-order valence-electron chi connectivity index (χ2n) is 6.92. The molecule has 1 heterocycles. The molecule has 2 unspecified atom stereocenters. The lowest BCUT2D eigenvalue weighted by Crippen LogP contribution is -2.57. The van der Waals surface area contributed by atoms with Crippen LogP contribution >= 0.6 is 0 Å². The minimum absolute atomic E-state index is 0.0409. The Kier molecular flexibility index (Phi) is 6.29. The largest absolute Gasteiger partial charge is 0.350 e. The van der Waals surface area contributed by atoms with Crippen molar-refractivity contribution in [2.45, 2.75) is 57.7 Å². The van der Waals surface area contributed by atoms with Gasteiger partial charge in [0.15, 0.2) is 0 Å². The molecule has 1 aromatic rings. The van der Waals surface area contributed by atoms with Gasteiger partial charge in [0.1, 0.15) is 11.6 Å². The van der Waals surface area contributed by atoms with Crippen LogP contribution in [0, 0.1) is 11.6 Å². The highest BCUT2D eigenvalue weighted by atomic mass is 19.1. The zero-order valence-corrected chi connectivity index (χ0v) is 14.4. The summed E-state index contributed by atoms with van der Waals surface area (Å²) < 4.78 is 27.6. The molecule has 0 radical (unpaired) electrons. The van der Waals surface area contributed by atoms with Gasteiger partial charge in [0, 0.05) is 24.7 Å². The van der Waals surface area contributed by atoms with Gasteiger partial charge in [-0.2, -0.15) is 0 Å². The van der Waals surface area contributed by atoms with Gasteiger partial charge >= 0.3 is 0 Å². The molecule has 134 valence electrons. The Morgan fingerprint density at radius 3 is 2.71 bits per heavy atom. The van der Waals surface area contributed by atoms with Crippen molar-refractivity contribution in [1.29, 1.82) is 0 Å². The first-order valence-corrected chi connectivity index (χ1v) is 8.58. The van der Waals surface area contributed by atoms with Gasteiger partial charge in [-0.05, 0) is 44.9 Å². The van der Waals surface area contributed by atoms with E-state index in [1.165, 1.54) is 18.2 Å². The quantitative estimate of drug-likeness (QED) is 0.837. The monoisotopic (exact) mass is 339 g/mol. The molecule has 3 N–H and O–H groups in total. The minimum atomic E-state index is -0.880. The summed E-state index contributed by atoms with van der Waals surface area (Å²) in [5.74, 6) is -1.22. The van der Waals surface area contributed by atoms with Crippen LogP contribution in [0.15, 0.2) is 18.2 Å². The summed E-state index contributed by atoms with van der Waals surface area (Å²) >= 11 is 0. The predicted molar refractivity (Wildman–Crippen MR) is 90.3 cm³/mol. The van der Waals surface area contributed by atoms with Gasteiger partial charge in [-0.15, -0.1) is 0 Å². The summed E-state index contributed by atoms with van der Waals surface area (Å²) in [6.45, 7) is 5.27. The molecule has 0 spiro atoms. The second kappa shape index (κ2) is 8.03. The molecule has 4 nitrogen and oxygen atoms in total. The van der Waals surface area contributed by atoms with Gasteiger partial charge in [-0.3, -0.25) is 9.69 Å². The van der Waals surface area contributed by atoms with Crippen molar-refractivity contribution >= 4 is 5.91 Å². The summed E-state index contributed by atoms with van der Waals surface area (Å²) in [5.41, 5.74) is 5.26. The smallest absolute Gasteiger partial charge is 0.240 e. The molecule has 2 atom stereocenters. The molecular formula is C18H27F2N3O. The van der Waals surface area contributed by atoms with E-state index >= 15 is 0 Å². The summed E-state index contributed by atoms with van der Waals surface area (Å²) in [6.07, 6.45) is 3.18. The van der Waals surface area contributed by atoms with Crippen LogP contribution in [0.4, 0.5) is 8.78 Å². The van der Waals surface area contributed by atoms with Crippen LogP contribution in [-0.4, -0.2) is 35.5 Å². The van der Waals surface area contributed by atoms with Crippen LogP contribution in [0.5, 0.6) is 0 Å². The average Bonchev–Trinajstić information content (AvgIpc) is 2.51. The first-order chi connectivity index (χ1) is 11.3. The Morgan fingerprint density at radius 2 is 2.08 bits per heavy atom. The molecule has 0 saturated carbocycles. The molecule has 1 aromatic carbocycles. The zero-order chi connectivity index (χ0) is 17.7. The van der Waals surface area contributed by atoms with E-state index in [1.807, 2.05) is 11.8 Å². The van der Waals surface area contributed by atoms with Gasteiger partial charge < -0.3 is 11.1 Å². The van der Waals surface area contributed by atoms with E-state index < -0.39 is 17.2 Å². The Hall–Kier alpha value is -1.53. The van der Waals surface area contributed by atoms with E-state index in [4.69, 9.17) is 5.73 Å². The number of hydrogen-bond acceptors (Lipinski definition) is 3. The van der Waals surface area contributed by atoms with E-state index in [2.05, 4.69) is 5.32 Å². The molecule has 1 saturated heterocycles. The lowest BCUT2D eigenvalue weighted by molar-refractivity contribution is -0.127. The predicted octanol–water partition coefficient (Wildman–Crippen LogP) is 2.56. The van der Waals surface area contributed by atoms with Crippen molar-refractivity contribution in [1.82, 2.24) is 10.2 Å². The number of piperidine rings is 1. The molecule has 2 rings (SSSR count). The minimum Gasteiger partial charge on any atom is -0.350 e. The third-order valence-corrected chi connectivity index (χ3v) is 4.57. The number of carbonyl (C=O) groups is 1. The van der Waals surface area contributed by atoms with E-state index in [0.29, 0.717) is 13.0 Å². The Balaban J connectivity index is 1.96. The number of nitrogens with zero attached hydrogens (tertiary/aromatic N) is 1. The van der Waals surface area contributed by atoms with E-state index in [-0.39, 0.29) is 24.1 Å². The number of halogens is 2. The van der Waals surface area contributed by atoms with E-state index in [0.717, 1.165) is 25.8 Å². The van der Waals surface area contributed by atoms with Crippen molar-refractivity contribution in [3.05, 3.63) is 35.4 Å². The zero-order valence-electron chi connectivity index (χ0n) is 14.4. The van der Waals surface area contributed by atoms with Gasteiger partial charge in [0.05, 0.1) is 5.54 Å². The maximum absolute atomic E-state index is 13.8. The van der Waals surface area contributed by atoms with E-state index in [1.54, 1.807) is 6.92 Å². The number of benzene rings is 1. The van der Waals surface area contributed by atoms with Crippen LogP contribution in [0.2, 0.25) is 0 Å². The van der Waals surface area contributed by atoms with Crippen molar-refractivity contribution in [2.24, 2.45) is 5.73 Å². The molecule has 6 heteroatoms. The van der Waals surface area contributed by atoms with Crippen molar-refractivity contribution in [3.63, 3.8) is 0 Å². The summed E-state index contributed by atoms with van der Waals surface area (Å²) in [4.78, 5) is 14.3. The highest BCUT2D eigenvalue weighted by Crippen LogP contribution is 2.19. The van der Waals surface area contributed by atoms with Crippen molar-refractivity contribution in [2.75, 3.05) is 13.1 Å². The van der Waals surface area contributed by atoms with Gasteiger partial charge in [0.25, 0.3) is 0 Å². The summed E-state index contributed by atoms with van der Waals surface area (Å²) in [7, 11) is 0. The Labute approximate surface area is 142 Å². The lowest BCUT2D eigenvalue weighted by atomic mass is 9.95. The number of carbonyl (C=O) groups excluding carboxylic acids is 1. The fourth-order valence-corrected chi connectivity index (χ4v) is 3.21. The Morgan fingerprint density at radius 1 is 1.42 bits per heavy atom. The highest BCUT2D eigenvalue weighted by molar-refractivity contribution is 5.85. The standard InChI is InChI=1S/C18H27F2N3O/c1-3-9-18(2,21)17(24)22-13-6-5-10-23(11-13)12-14-15(19)7-4-8-16(14)20/h4,7-8,13H,3,5-6,9-12,21H2,1-2H3,(H,22,24). The van der Waals surface area contributed by atoms with Crippen LogP contribution in [0.25, 0.3) is 0 Å². The van der Waals surface area contributed by atoms with Crippen molar-refractivity contribution < 1.29 is 13.6 Å². The van der Waals surface area contributed by atoms with Crippen LogP contribution < -0.4 is 11.1 Å². The summed E-state index contributed by atoms with van der Waals surface area (Å²) in [5, 5.41) is 3.00. The number of likely N-dealkylation sites (tertiary alicyclic amines) is 1. The number of nitrogens with two attached hydrogens (primary N) is 1. The molecular weight excluding hydrogens is 312 g/mol.